The molecule has 0 unspecified atom stereocenters. The Kier molecular flexibility index (Phi) is 5.20. The molecular weight excluding hydrogens is 391 g/mol. The van der Waals surface area contributed by atoms with Crippen molar-refractivity contribution in [1.82, 2.24) is 14.8 Å². The van der Waals surface area contributed by atoms with Crippen LogP contribution in [0.3, 0.4) is 0 Å². The van der Waals surface area contributed by atoms with E-state index < -0.39 is 12.0 Å². The molecular formula is C17H14BrFN4O2. The van der Waals surface area contributed by atoms with Gasteiger partial charge >= 0.3 is 0 Å². The van der Waals surface area contributed by atoms with Gasteiger partial charge in [-0.2, -0.15) is 0 Å². The first-order valence-electron chi connectivity index (χ1n) is 7.41. The van der Waals surface area contributed by atoms with Crippen LogP contribution in [0.25, 0.3) is 0 Å². The second-order valence-corrected chi connectivity index (χ2v) is 6.24. The molecule has 3 rings (SSSR count). The van der Waals surface area contributed by atoms with Gasteiger partial charge in [-0.05, 0) is 35.9 Å². The van der Waals surface area contributed by atoms with Crippen molar-refractivity contribution in [2.45, 2.75) is 12.6 Å². The van der Waals surface area contributed by atoms with Gasteiger partial charge < -0.3 is 10.4 Å². The number of aliphatic hydroxyl groups is 1. The molecule has 2 N–H and O–H groups in total. The molecule has 3 aromatic rings. The summed E-state index contributed by atoms with van der Waals surface area (Å²) in [6.07, 6.45) is 0.478. The Hall–Kier alpha value is -2.58. The topological polar surface area (TPSA) is 80.0 Å². The maximum absolute atomic E-state index is 12.9. The average molecular weight is 405 g/mol. The molecule has 2 aromatic carbocycles. The van der Waals surface area contributed by atoms with Gasteiger partial charge in [-0.3, -0.25) is 4.79 Å². The van der Waals surface area contributed by atoms with E-state index in [1.165, 1.54) is 35.3 Å². The Morgan fingerprint density at radius 3 is 2.76 bits per heavy atom. The maximum Gasteiger partial charge on any atom is 0.295 e. The molecule has 0 aliphatic carbocycles. The predicted octanol–water partition coefficient (Wildman–Crippen LogP) is 3.17. The Bertz CT molecular complexity index is 882. The lowest BCUT2D eigenvalue weighted by Crippen LogP contribution is -2.15. The Morgan fingerprint density at radius 1 is 1.28 bits per heavy atom. The normalized spacial score (nSPS) is 12.0. The van der Waals surface area contributed by atoms with Crippen LogP contribution in [0.15, 0.2) is 59.3 Å². The summed E-state index contributed by atoms with van der Waals surface area (Å²) >= 11 is 3.33. The van der Waals surface area contributed by atoms with Crippen molar-refractivity contribution in [2.24, 2.45) is 0 Å². The van der Waals surface area contributed by atoms with Crippen molar-refractivity contribution in [2.75, 3.05) is 5.32 Å². The van der Waals surface area contributed by atoms with Gasteiger partial charge in [-0.1, -0.05) is 34.1 Å². The number of nitrogens with one attached hydrogen (secondary N) is 1. The number of carbonyl (C=O) groups excluding carboxylic acids is 1. The highest BCUT2D eigenvalue weighted by molar-refractivity contribution is 9.10. The summed E-state index contributed by atoms with van der Waals surface area (Å²) in [6, 6.07) is 12.7. The molecule has 25 heavy (non-hydrogen) atoms. The number of rotatable bonds is 5. The van der Waals surface area contributed by atoms with Crippen LogP contribution >= 0.6 is 15.9 Å². The number of hydrogen-bond acceptors (Lipinski definition) is 4. The van der Waals surface area contributed by atoms with E-state index in [2.05, 4.69) is 31.3 Å². The lowest BCUT2D eigenvalue weighted by atomic mass is 10.1. The summed E-state index contributed by atoms with van der Waals surface area (Å²) in [5, 5.41) is 16.9. The molecule has 1 amide bonds. The number of anilines is 1. The van der Waals surface area contributed by atoms with E-state index in [1.807, 2.05) is 6.07 Å². The SMILES string of the molecule is O=C(Nc1cccc(Br)c1)c1ncn(C[C@H](O)c2ccc(F)cc2)n1. The highest BCUT2D eigenvalue weighted by Gasteiger charge is 2.14. The van der Waals surface area contributed by atoms with Gasteiger partial charge in [-0.15, -0.1) is 5.10 Å². The molecule has 0 saturated heterocycles. The Balaban J connectivity index is 1.65. The largest absolute Gasteiger partial charge is 0.386 e. The van der Waals surface area contributed by atoms with Crippen molar-refractivity contribution in [3.8, 4) is 0 Å². The molecule has 1 aromatic heterocycles. The average Bonchev–Trinajstić information content (AvgIpc) is 3.04. The molecule has 0 aliphatic heterocycles. The van der Waals surface area contributed by atoms with Crippen molar-refractivity contribution in [3.63, 3.8) is 0 Å². The fraction of sp³-hybridized carbons (Fsp3) is 0.118. The first-order valence-corrected chi connectivity index (χ1v) is 8.20. The molecule has 0 fully saturated rings. The summed E-state index contributed by atoms with van der Waals surface area (Å²) in [4.78, 5) is 16.1. The quantitative estimate of drug-likeness (QED) is 0.684. The number of hydrogen-bond donors (Lipinski definition) is 2. The summed E-state index contributed by atoms with van der Waals surface area (Å²) in [7, 11) is 0. The summed E-state index contributed by atoms with van der Waals surface area (Å²) < 4.78 is 15.1. The monoisotopic (exact) mass is 404 g/mol. The number of aliphatic hydroxyl groups excluding tert-OH is 1. The molecule has 0 spiro atoms. The zero-order valence-electron chi connectivity index (χ0n) is 12.9. The van der Waals surface area contributed by atoms with Gasteiger partial charge in [0.25, 0.3) is 5.91 Å². The number of amides is 1. The summed E-state index contributed by atoms with van der Waals surface area (Å²) in [6.45, 7) is 0.1000. The molecule has 0 bridgehead atoms. The van der Waals surface area contributed by atoms with Gasteiger partial charge in [0.2, 0.25) is 5.82 Å². The van der Waals surface area contributed by atoms with Gasteiger partial charge in [0.15, 0.2) is 0 Å². The van der Waals surface area contributed by atoms with E-state index in [0.717, 1.165) is 4.47 Å². The van der Waals surface area contributed by atoms with Gasteiger partial charge in [-0.25, -0.2) is 14.1 Å². The second-order valence-electron chi connectivity index (χ2n) is 5.32. The number of carbonyl (C=O) groups is 1. The van der Waals surface area contributed by atoms with Crippen LogP contribution in [0.5, 0.6) is 0 Å². The fourth-order valence-electron chi connectivity index (χ4n) is 2.21. The van der Waals surface area contributed by atoms with Gasteiger partial charge in [0.1, 0.15) is 12.1 Å². The predicted molar refractivity (Wildman–Crippen MR) is 93.5 cm³/mol. The summed E-state index contributed by atoms with van der Waals surface area (Å²) in [5.74, 6) is -0.831. The third kappa shape index (κ3) is 4.49. The lowest BCUT2D eigenvalue weighted by molar-refractivity contribution is 0.101. The van der Waals surface area contributed by atoms with Crippen LogP contribution in [-0.4, -0.2) is 25.8 Å². The first-order chi connectivity index (χ1) is 12.0. The zero-order valence-corrected chi connectivity index (χ0v) is 14.5. The molecule has 128 valence electrons. The molecule has 0 saturated carbocycles. The van der Waals surface area contributed by atoms with E-state index >= 15 is 0 Å². The molecule has 0 radical (unpaired) electrons. The van der Waals surface area contributed by atoms with Crippen LogP contribution in [0.4, 0.5) is 10.1 Å². The molecule has 0 aliphatic rings. The number of halogens is 2. The number of nitrogens with zero attached hydrogens (tertiary/aromatic N) is 3. The maximum atomic E-state index is 12.9. The zero-order chi connectivity index (χ0) is 17.8. The van der Waals surface area contributed by atoms with Crippen LogP contribution in [0, 0.1) is 5.82 Å². The van der Waals surface area contributed by atoms with E-state index in [4.69, 9.17) is 0 Å². The van der Waals surface area contributed by atoms with Crippen molar-refractivity contribution >= 4 is 27.5 Å². The fourth-order valence-corrected chi connectivity index (χ4v) is 2.61. The van der Waals surface area contributed by atoms with E-state index in [9.17, 15) is 14.3 Å². The minimum absolute atomic E-state index is 0.00807. The lowest BCUT2D eigenvalue weighted by Gasteiger charge is -2.10. The first kappa shape index (κ1) is 17.2. The van der Waals surface area contributed by atoms with E-state index in [-0.39, 0.29) is 18.2 Å². The van der Waals surface area contributed by atoms with Crippen LogP contribution in [-0.2, 0) is 6.54 Å². The third-order valence-electron chi connectivity index (χ3n) is 3.44. The minimum atomic E-state index is -0.886. The van der Waals surface area contributed by atoms with Crippen LogP contribution in [0.2, 0.25) is 0 Å². The molecule has 1 heterocycles. The highest BCUT2D eigenvalue weighted by atomic mass is 79.9. The van der Waals surface area contributed by atoms with Crippen molar-refractivity contribution < 1.29 is 14.3 Å². The molecule has 1 atom stereocenters. The number of aromatic nitrogens is 3. The van der Waals surface area contributed by atoms with Crippen LogP contribution < -0.4 is 5.32 Å². The van der Waals surface area contributed by atoms with E-state index in [0.29, 0.717) is 11.3 Å². The summed E-state index contributed by atoms with van der Waals surface area (Å²) in [5.41, 5.74) is 1.17. The van der Waals surface area contributed by atoms with Gasteiger partial charge in [0.05, 0.1) is 12.6 Å². The molecule has 6 nitrogen and oxygen atoms in total. The van der Waals surface area contributed by atoms with E-state index in [1.54, 1.807) is 18.2 Å². The second kappa shape index (κ2) is 7.54. The smallest absolute Gasteiger partial charge is 0.295 e. The Morgan fingerprint density at radius 2 is 2.04 bits per heavy atom. The highest BCUT2D eigenvalue weighted by Crippen LogP contribution is 2.17. The Labute approximate surface area is 151 Å². The van der Waals surface area contributed by atoms with Crippen molar-refractivity contribution in [1.29, 1.82) is 0 Å². The molecule has 8 heteroatoms. The minimum Gasteiger partial charge on any atom is -0.386 e. The number of benzene rings is 2. The third-order valence-corrected chi connectivity index (χ3v) is 3.93. The standard InChI is InChI=1S/C17H14BrFN4O2/c18-12-2-1-3-14(8-12)21-17(25)16-20-10-23(22-16)9-15(24)11-4-6-13(19)7-5-11/h1-8,10,15,24H,9H2,(H,21,25)/t15-/m0/s1. The van der Waals surface area contributed by atoms with Crippen LogP contribution in [0.1, 0.15) is 22.3 Å². The van der Waals surface area contributed by atoms with Crippen molar-refractivity contribution in [3.05, 3.63) is 76.5 Å². The van der Waals surface area contributed by atoms with Gasteiger partial charge in [0, 0.05) is 10.2 Å².